The van der Waals surface area contributed by atoms with Gasteiger partial charge in [0.15, 0.2) is 0 Å². The Morgan fingerprint density at radius 3 is 2.52 bits per heavy atom. The molecule has 1 saturated carbocycles. The molecular formula is C20H30N2O. The molecule has 1 aliphatic carbocycles. The first-order valence-electron chi connectivity index (χ1n) is 9.37. The lowest BCUT2D eigenvalue weighted by Gasteiger charge is -2.38. The molecule has 1 aliphatic heterocycles. The summed E-state index contributed by atoms with van der Waals surface area (Å²) in [6.45, 7) is 7.78. The van der Waals surface area contributed by atoms with Gasteiger partial charge in [-0.25, -0.2) is 0 Å². The minimum atomic E-state index is 0.165. The van der Waals surface area contributed by atoms with Crippen molar-refractivity contribution in [2.24, 2.45) is 5.92 Å². The zero-order valence-corrected chi connectivity index (χ0v) is 14.6. The number of amides is 1. The van der Waals surface area contributed by atoms with Crippen molar-refractivity contribution in [2.75, 3.05) is 31.1 Å². The second kappa shape index (κ2) is 7.37. The molecule has 1 saturated heterocycles. The van der Waals surface area contributed by atoms with E-state index < -0.39 is 0 Å². The first-order chi connectivity index (χ1) is 11.2. The lowest BCUT2D eigenvalue weighted by molar-refractivity contribution is -0.135. The first kappa shape index (κ1) is 16.4. The van der Waals surface area contributed by atoms with Gasteiger partial charge in [0, 0.05) is 31.9 Å². The Labute approximate surface area is 140 Å². The molecule has 1 atom stereocenters. The monoisotopic (exact) mass is 314 g/mol. The number of hydrogen-bond donors (Lipinski definition) is 0. The van der Waals surface area contributed by atoms with Crippen LogP contribution < -0.4 is 4.90 Å². The number of hydrogen-bond acceptors (Lipinski definition) is 2. The van der Waals surface area contributed by atoms with Gasteiger partial charge in [-0.2, -0.15) is 0 Å². The van der Waals surface area contributed by atoms with E-state index in [1.165, 1.54) is 30.5 Å². The number of rotatable bonds is 5. The first-order valence-corrected chi connectivity index (χ1v) is 9.37. The highest BCUT2D eigenvalue weighted by atomic mass is 16.2. The van der Waals surface area contributed by atoms with Crippen LogP contribution in [0.15, 0.2) is 24.3 Å². The van der Waals surface area contributed by atoms with Gasteiger partial charge in [-0.1, -0.05) is 24.6 Å². The molecule has 1 unspecified atom stereocenters. The molecule has 2 fully saturated rings. The van der Waals surface area contributed by atoms with E-state index in [9.17, 15) is 4.79 Å². The standard InChI is InChI=1S/C20H30N2O/c1-3-21(4-2)20(23)17-11-8-14-22(15-17)19-13-6-5-12-18(19)16-9-7-10-16/h5-6,12-13,16-17H,3-4,7-11,14-15H2,1-2H3. The largest absolute Gasteiger partial charge is 0.371 e. The van der Waals surface area contributed by atoms with Gasteiger partial charge in [0.25, 0.3) is 0 Å². The summed E-state index contributed by atoms with van der Waals surface area (Å²) >= 11 is 0. The number of nitrogens with zero attached hydrogens (tertiary/aromatic N) is 2. The van der Waals surface area contributed by atoms with Crippen molar-refractivity contribution in [2.45, 2.75) is 51.9 Å². The second-order valence-electron chi connectivity index (χ2n) is 6.98. The predicted octanol–water partition coefficient (Wildman–Crippen LogP) is 4.04. The third-order valence-corrected chi connectivity index (χ3v) is 5.67. The molecule has 2 aliphatic rings. The fourth-order valence-electron chi connectivity index (χ4n) is 4.03. The Kier molecular flexibility index (Phi) is 5.24. The van der Waals surface area contributed by atoms with Gasteiger partial charge in [-0.15, -0.1) is 0 Å². The fourth-order valence-corrected chi connectivity index (χ4v) is 4.03. The lowest BCUT2D eigenvalue weighted by atomic mass is 9.79. The molecule has 1 aromatic carbocycles. The van der Waals surface area contributed by atoms with Crippen LogP contribution in [0.3, 0.4) is 0 Å². The van der Waals surface area contributed by atoms with E-state index in [-0.39, 0.29) is 5.92 Å². The Morgan fingerprint density at radius 2 is 1.87 bits per heavy atom. The molecule has 126 valence electrons. The van der Waals surface area contributed by atoms with Crippen LogP contribution in [0, 0.1) is 5.92 Å². The molecule has 0 aromatic heterocycles. The van der Waals surface area contributed by atoms with E-state index in [4.69, 9.17) is 0 Å². The summed E-state index contributed by atoms with van der Waals surface area (Å²) in [5.41, 5.74) is 2.89. The van der Waals surface area contributed by atoms with Gasteiger partial charge >= 0.3 is 0 Å². The van der Waals surface area contributed by atoms with E-state index in [1.807, 2.05) is 4.90 Å². The van der Waals surface area contributed by atoms with Crippen LogP contribution in [0.2, 0.25) is 0 Å². The topological polar surface area (TPSA) is 23.6 Å². The van der Waals surface area contributed by atoms with Crippen molar-refractivity contribution in [3.05, 3.63) is 29.8 Å². The summed E-state index contributed by atoms with van der Waals surface area (Å²) in [5.74, 6) is 1.25. The summed E-state index contributed by atoms with van der Waals surface area (Å²) < 4.78 is 0. The van der Waals surface area contributed by atoms with Gasteiger partial charge in [0.1, 0.15) is 0 Å². The summed E-state index contributed by atoms with van der Waals surface area (Å²) in [4.78, 5) is 17.2. The minimum absolute atomic E-state index is 0.165. The highest BCUT2D eigenvalue weighted by Crippen LogP contribution is 2.41. The quantitative estimate of drug-likeness (QED) is 0.819. The normalized spacial score (nSPS) is 21.8. The maximum atomic E-state index is 12.7. The van der Waals surface area contributed by atoms with E-state index in [0.29, 0.717) is 5.91 Å². The zero-order valence-electron chi connectivity index (χ0n) is 14.6. The zero-order chi connectivity index (χ0) is 16.2. The number of benzene rings is 1. The minimum Gasteiger partial charge on any atom is -0.371 e. The fraction of sp³-hybridized carbons (Fsp3) is 0.650. The van der Waals surface area contributed by atoms with Gasteiger partial charge in [0.2, 0.25) is 5.91 Å². The van der Waals surface area contributed by atoms with Gasteiger partial charge in [-0.05, 0) is 57.1 Å². The van der Waals surface area contributed by atoms with Crippen molar-refractivity contribution in [1.82, 2.24) is 4.90 Å². The third-order valence-electron chi connectivity index (χ3n) is 5.67. The molecule has 1 heterocycles. The maximum absolute atomic E-state index is 12.7. The molecule has 1 aromatic rings. The van der Waals surface area contributed by atoms with Crippen LogP contribution >= 0.6 is 0 Å². The van der Waals surface area contributed by atoms with Crippen LogP contribution in [0.5, 0.6) is 0 Å². The molecular weight excluding hydrogens is 284 g/mol. The highest BCUT2D eigenvalue weighted by molar-refractivity contribution is 5.80. The average molecular weight is 314 g/mol. The summed E-state index contributed by atoms with van der Waals surface area (Å²) in [6.07, 6.45) is 6.18. The van der Waals surface area contributed by atoms with Crippen molar-refractivity contribution in [3.8, 4) is 0 Å². The molecule has 1 amide bonds. The number of anilines is 1. The molecule has 0 bridgehead atoms. The van der Waals surface area contributed by atoms with Gasteiger partial charge < -0.3 is 9.80 Å². The van der Waals surface area contributed by atoms with Crippen LogP contribution in [-0.2, 0) is 4.79 Å². The smallest absolute Gasteiger partial charge is 0.227 e. The van der Waals surface area contributed by atoms with Crippen LogP contribution in [0.4, 0.5) is 5.69 Å². The SMILES string of the molecule is CCN(CC)C(=O)C1CCCN(c2ccccc2C2CCC2)C1. The molecule has 0 radical (unpaired) electrons. The second-order valence-corrected chi connectivity index (χ2v) is 6.98. The molecule has 0 spiro atoms. The van der Waals surface area contributed by atoms with Crippen molar-refractivity contribution >= 4 is 11.6 Å². The maximum Gasteiger partial charge on any atom is 0.227 e. The summed E-state index contributed by atoms with van der Waals surface area (Å²) in [6, 6.07) is 8.87. The number of carbonyl (C=O) groups is 1. The average Bonchev–Trinajstić information content (AvgIpc) is 2.55. The Hall–Kier alpha value is -1.51. The number of piperidine rings is 1. The van der Waals surface area contributed by atoms with Gasteiger partial charge in [0.05, 0.1) is 5.92 Å². The Morgan fingerprint density at radius 1 is 1.13 bits per heavy atom. The Bertz CT molecular complexity index is 534. The van der Waals surface area contributed by atoms with E-state index in [2.05, 4.69) is 43.0 Å². The summed E-state index contributed by atoms with van der Waals surface area (Å²) in [5, 5.41) is 0. The molecule has 3 heteroatoms. The van der Waals surface area contributed by atoms with Crippen LogP contribution in [0.1, 0.15) is 57.4 Å². The van der Waals surface area contributed by atoms with E-state index in [1.54, 1.807) is 0 Å². The van der Waals surface area contributed by atoms with Crippen LogP contribution in [-0.4, -0.2) is 37.0 Å². The van der Waals surface area contributed by atoms with Crippen molar-refractivity contribution < 1.29 is 4.79 Å². The number of carbonyl (C=O) groups excluding carboxylic acids is 1. The predicted molar refractivity (Wildman–Crippen MR) is 95.9 cm³/mol. The summed E-state index contributed by atoms with van der Waals surface area (Å²) in [7, 11) is 0. The molecule has 3 nitrogen and oxygen atoms in total. The highest BCUT2D eigenvalue weighted by Gasteiger charge is 2.30. The van der Waals surface area contributed by atoms with Crippen molar-refractivity contribution in [1.29, 1.82) is 0 Å². The van der Waals surface area contributed by atoms with Crippen LogP contribution in [0.25, 0.3) is 0 Å². The molecule has 23 heavy (non-hydrogen) atoms. The van der Waals surface area contributed by atoms with Gasteiger partial charge in [-0.3, -0.25) is 4.79 Å². The van der Waals surface area contributed by atoms with E-state index in [0.717, 1.165) is 44.9 Å². The van der Waals surface area contributed by atoms with E-state index >= 15 is 0 Å². The lowest BCUT2D eigenvalue weighted by Crippen LogP contribution is -2.45. The molecule has 3 rings (SSSR count). The van der Waals surface area contributed by atoms with Crippen molar-refractivity contribution in [3.63, 3.8) is 0 Å². The number of para-hydroxylation sites is 1. The third kappa shape index (κ3) is 3.39. The Balaban J connectivity index is 1.75. The molecule has 0 N–H and O–H groups in total.